The van der Waals surface area contributed by atoms with Gasteiger partial charge in [0.25, 0.3) is 0 Å². The number of esters is 1. The van der Waals surface area contributed by atoms with Crippen molar-refractivity contribution in [3.8, 4) is 17.2 Å². The summed E-state index contributed by atoms with van der Waals surface area (Å²) in [6.45, 7) is 0.168. The standard InChI is InChI=1S/C16H16O5/c1-20-14-4-2-3-13(18)15(14)16(19)21-10-9-11-5-7-12(17)8-6-11/h2-8,17-18H,9-10H2,1H3. The number of rotatable bonds is 5. The van der Waals surface area contributed by atoms with E-state index >= 15 is 0 Å². The number of methoxy groups -OCH3 is 1. The van der Waals surface area contributed by atoms with Crippen molar-refractivity contribution in [2.75, 3.05) is 13.7 Å². The van der Waals surface area contributed by atoms with Crippen LogP contribution >= 0.6 is 0 Å². The first-order valence-electron chi connectivity index (χ1n) is 6.43. The van der Waals surface area contributed by atoms with Crippen LogP contribution in [0.25, 0.3) is 0 Å². The Hall–Kier alpha value is -2.69. The molecule has 21 heavy (non-hydrogen) atoms. The van der Waals surface area contributed by atoms with Crippen molar-refractivity contribution in [1.82, 2.24) is 0 Å². The zero-order chi connectivity index (χ0) is 15.2. The van der Waals surface area contributed by atoms with E-state index in [2.05, 4.69) is 0 Å². The van der Waals surface area contributed by atoms with Gasteiger partial charge < -0.3 is 19.7 Å². The summed E-state index contributed by atoms with van der Waals surface area (Å²) in [7, 11) is 1.42. The molecule has 0 unspecified atom stereocenters. The summed E-state index contributed by atoms with van der Waals surface area (Å²) in [6, 6.07) is 11.2. The van der Waals surface area contributed by atoms with Gasteiger partial charge in [0.15, 0.2) is 0 Å². The fourth-order valence-corrected chi connectivity index (χ4v) is 1.89. The van der Waals surface area contributed by atoms with E-state index in [-0.39, 0.29) is 29.4 Å². The molecule has 0 atom stereocenters. The minimum atomic E-state index is -0.635. The molecule has 0 heterocycles. The van der Waals surface area contributed by atoms with Crippen LogP contribution in [0.2, 0.25) is 0 Å². The smallest absolute Gasteiger partial charge is 0.345 e. The molecule has 0 aliphatic heterocycles. The molecule has 0 spiro atoms. The molecule has 0 bridgehead atoms. The molecule has 2 N–H and O–H groups in total. The minimum Gasteiger partial charge on any atom is -0.508 e. The van der Waals surface area contributed by atoms with Gasteiger partial charge in [0.1, 0.15) is 22.8 Å². The summed E-state index contributed by atoms with van der Waals surface area (Å²) in [4.78, 5) is 12.0. The molecule has 0 saturated carbocycles. The van der Waals surface area contributed by atoms with Crippen LogP contribution in [0, 0.1) is 0 Å². The van der Waals surface area contributed by atoms with Crippen LogP contribution in [0.4, 0.5) is 0 Å². The number of benzene rings is 2. The molecule has 0 amide bonds. The van der Waals surface area contributed by atoms with E-state index in [1.807, 2.05) is 0 Å². The highest BCUT2D eigenvalue weighted by Gasteiger charge is 2.18. The second-order valence-electron chi connectivity index (χ2n) is 4.41. The zero-order valence-electron chi connectivity index (χ0n) is 11.6. The molecular formula is C16H16O5. The molecule has 0 aliphatic rings. The molecule has 0 radical (unpaired) electrons. The van der Waals surface area contributed by atoms with E-state index in [4.69, 9.17) is 9.47 Å². The van der Waals surface area contributed by atoms with Crippen LogP contribution in [0.1, 0.15) is 15.9 Å². The number of phenolic OH excluding ortho intramolecular Hbond substituents is 2. The van der Waals surface area contributed by atoms with Crippen molar-refractivity contribution in [3.63, 3.8) is 0 Å². The Kier molecular flexibility index (Phi) is 4.66. The topological polar surface area (TPSA) is 76.0 Å². The van der Waals surface area contributed by atoms with Crippen molar-refractivity contribution in [3.05, 3.63) is 53.6 Å². The third-order valence-electron chi connectivity index (χ3n) is 2.99. The second-order valence-corrected chi connectivity index (χ2v) is 4.41. The summed E-state index contributed by atoms with van der Waals surface area (Å²) in [5.74, 6) is -0.355. The fraction of sp³-hybridized carbons (Fsp3) is 0.188. The first-order chi connectivity index (χ1) is 10.1. The van der Waals surface area contributed by atoms with Gasteiger partial charge in [-0.3, -0.25) is 0 Å². The van der Waals surface area contributed by atoms with Gasteiger partial charge in [0, 0.05) is 6.42 Å². The van der Waals surface area contributed by atoms with E-state index < -0.39 is 5.97 Å². The summed E-state index contributed by atoms with van der Waals surface area (Å²) in [5, 5.41) is 18.9. The number of aromatic hydroxyl groups is 2. The molecular weight excluding hydrogens is 272 g/mol. The molecule has 2 aromatic carbocycles. The summed E-state index contributed by atoms with van der Waals surface area (Å²) >= 11 is 0. The van der Waals surface area contributed by atoms with Gasteiger partial charge in [-0.1, -0.05) is 18.2 Å². The number of hydrogen-bond donors (Lipinski definition) is 2. The van der Waals surface area contributed by atoms with Crippen LogP contribution < -0.4 is 4.74 Å². The average Bonchev–Trinajstić information content (AvgIpc) is 2.48. The quantitative estimate of drug-likeness (QED) is 0.827. The maximum atomic E-state index is 12.0. The fourth-order valence-electron chi connectivity index (χ4n) is 1.89. The monoisotopic (exact) mass is 288 g/mol. The minimum absolute atomic E-state index is 0.0192. The maximum Gasteiger partial charge on any atom is 0.345 e. The van der Waals surface area contributed by atoms with Gasteiger partial charge in [-0.05, 0) is 29.8 Å². The number of phenols is 2. The van der Waals surface area contributed by atoms with Crippen LogP contribution in [0.15, 0.2) is 42.5 Å². The molecule has 0 fully saturated rings. The predicted molar refractivity (Wildman–Crippen MR) is 76.8 cm³/mol. The second kappa shape index (κ2) is 6.65. The van der Waals surface area contributed by atoms with Gasteiger partial charge in [0.2, 0.25) is 0 Å². The van der Waals surface area contributed by atoms with E-state index in [0.29, 0.717) is 6.42 Å². The normalized spacial score (nSPS) is 10.1. The highest BCUT2D eigenvalue weighted by Crippen LogP contribution is 2.27. The number of ether oxygens (including phenoxy) is 2. The first-order valence-corrected chi connectivity index (χ1v) is 6.43. The first kappa shape index (κ1) is 14.7. The van der Waals surface area contributed by atoms with Gasteiger partial charge in [-0.15, -0.1) is 0 Å². The van der Waals surface area contributed by atoms with E-state index in [1.165, 1.54) is 13.2 Å². The number of carbonyl (C=O) groups is 1. The lowest BCUT2D eigenvalue weighted by Gasteiger charge is -2.10. The van der Waals surface area contributed by atoms with E-state index in [0.717, 1.165) is 5.56 Å². The van der Waals surface area contributed by atoms with Crippen LogP contribution in [0.3, 0.4) is 0 Å². The Bertz CT molecular complexity index is 619. The van der Waals surface area contributed by atoms with Crippen molar-refractivity contribution in [1.29, 1.82) is 0 Å². The van der Waals surface area contributed by atoms with Crippen molar-refractivity contribution >= 4 is 5.97 Å². The van der Waals surface area contributed by atoms with Gasteiger partial charge in [-0.2, -0.15) is 0 Å². The maximum absolute atomic E-state index is 12.0. The van der Waals surface area contributed by atoms with Gasteiger partial charge in [-0.25, -0.2) is 4.79 Å². The summed E-state index contributed by atoms with van der Waals surface area (Å²) < 4.78 is 10.2. The SMILES string of the molecule is COc1cccc(O)c1C(=O)OCCc1ccc(O)cc1. The van der Waals surface area contributed by atoms with Crippen molar-refractivity contribution in [2.24, 2.45) is 0 Å². The molecule has 2 aromatic rings. The van der Waals surface area contributed by atoms with Gasteiger partial charge >= 0.3 is 5.97 Å². The third kappa shape index (κ3) is 3.66. The Balaban J connectivity index is 1.97. The number of hydrogen-bond acceptors (Lipinski definition) is 5. The van der Waals surface area contributed by atoms with Crippen molar-refractivity contribution in [2.45, 2.75) is 6.42 Å². The molecule has 2 rings (SSSR count). The van der Waals surface area contributed by atoms with Crippen molar-refractivity contribution < 1.29 is 24.5 Å². The Morgan fingerprint density at radius 1 is 1.10 bits per heavy atom. The summed E-state index contributed by atoms with van der Waals surface area (Å²) in [5.41, 5.74) is 0.954. The highest BCUT2D eigenvalue weighted by molar-refractivity contribution is 5.95. The summed E-state index contributed by atoms with van der Waals surface area (Å²) in [6.07, 6.45) is 0.516. The Labute approximate surface area is 122 Å². The van der Waals surface area contributed by atoms with Crippen LogP contribution in [-0.2, 0) is 11.2 Å². The lowest BCUT2D eigenvalue weighted by Crippen LogP contribution is -2.10. The molecule has 110 valence electrons. The van der Waals surface area contributed by atoms with Crippen LogP contribution in [-0.4, -0.2) is 29.9 Å². The zero-order valence-corrected chi connectivity index (χ0v) is 11.6. The van der Waals surface area contributed by atoms with E-state index in [9.17, 15) is 15.0 Å². The molecule has 5 nitrogen and oxygen atoms in total. The Morgan fingerprint density at radius 2 is 1.81 bits per heavy atom. The molecule has 5 heteroatoms. The lowest BCUT2D eigenvalue weighted by atomic mass is 10.1. The average molecular weight is 288 g/mol. The highest BCUT2D eigenvalue weighted by atomic mass is 16.5. The molecule has 0 saturated heterocycles. The van der Waals surface area contributed by atoms with E-state index in [1.54, 1.807) is 36.4 Å². The Morgan fingerprint density at radius 3 is 2.48 bits per heavy atom. The lowest BCUT2D eigenvalue weighted by molar-refractivity contribution is 0.0502. The number of carbonyl (C=O) groups excluding carboxylic acids is 1. The van der Waals surface area contributed by atoms with Gasteiger partial charge in [0.05, 0.1) is 13.7 Å². The predicted octanol–water partition coefficient (Wildman–Crippen LogP) is 2.51. The molecule has 0 aliphatic carbocycles. The largest absolute Gasteiger partial charge is 0.508 e. The molecule has 0 aromatic heterocycles. The third-order valence-corrected chi connectivity index (χ3v) is 2.99. The van der Waals surface area contributed by atoms with Crippen LogP contribution in [0.5, 0.6) is 17.2 Å².